The van der Waals surface area contributed by atoms with Crippen molar-refractivity contribution in [3.05, 3.63) is 65.9 Å². The molecule has 2 heterocycles. The number of hydrogen-bond acceptors (Lipinski definition) is 3. The van der Waals surface area contributed by atoms with Crippen LogP contribution < -0.4 is 10.6 Å². The topological polar surface area (TPSA) is 46.5 Å². The number of nitrogens with zero attached hydrogens (tertiary/aromatic N) is 3. The van der Waals surface area contributed by atoms with Gasteiger partial charge in [0.25, 0.3) is 0 Å². The molecule has 164 valence electrons. The summed E-state index contributed by atoms with van der Waals surface area (Å²) in [5.41, 5.74) is 17.5. The molecule has 4 heteroatoms. The van der Waals surface area contributed by atoms with E-state index in [4.69, 9.17) is 5.73 Å². The Labute approximate surface area is 190 Å². The lowest BCUT2D eigenvalue weighted by Gasteiger charge is -2.19. The van der Waals surface area contributed by atoms with Crippen LogP contribution in [0.2, 0.25) is 0 Å². The van der Waals surface area contributed by atoms with E-state index < -0.39 is 0 Å². The van der Waals surface area contributed by atoms with Crippen LogP contribution in [0.25, 0.3) is 33.1 Å². The van der Waals surface area contributed by atoms with Crippen LogP contribution in [0.15, 0.2) is 59.8 Å². The van der Waals surface area contributed by atoms with Crippen molar-refractivity contribution in [2.24, 2.45) is 16.6 Å². The Bertz CT molecular complexity index is 1360. The van der Waals surface area contributed by atoms with Gasteiger partial charge in [0.2, 0.25) is 0 Å². The molecule has 1 aliphatic carbocycles. The number of rotatable bonds is 6. The third kappa shape index (κ3) is 3.26. The van der Waals surface area contributed by atoms with E-state index in [1.807, 2.05) is 6.92 Å². The first-order chi connectivity index (χ1) is 15.3. The SMILES string of the molecule is C=C(N)c1cc(C2=C(C)CN=C2C)cc2c3ccc(N(C)C(=C)C)cc3n(CC3CC3)c12. The maximum atomic E-state index is 6.40. The highest BCUT2D eigenvalue weighted by molar-refractivity contribution is 6.26. The fourth-order valence-electron chi connectivity index (χ4n) is 4.95. The molecule has 32 heavy (non-hydrogen) atoms. The molecule has 0 saturated heterocycles. The van der Waals surface area contributed by atoms with Crippen molar-refractivity contribution < 1.29 is 0 Å². The second kappa shape index (κ2) is 7.40. The summed E-state index contributed by atoms with van der Waals surface area (Å²) >= 11 is 0. The predicted octanol–water partition coefficient (Wildman–Crippen LogP) is 6.35. The monoisotopic (exact) mass is 424 g/mol. The van der Waals surface area contributed by atoms with Gasteiger partial charge in [0, 0.05) is 58.3 Å². The van der Waals surface area contributed by atoms with Gasteiger partial charge in [-0.3, -0.25) is 4.99 Å². The number of nitrogens with two attached hydrogens (primary N) is 1. The van der Waals surface area contributed by atoms with E-state index in [0.717, 1.165) is 41.7 Å². The molecule has 1 saturated carbocycles. The van der Waals surface area contributed by atoms with Gasteiger partial charge in [-0.15, -0.1) is 0 Å². The average molecular weight is 425 g/mol. The first-order valence-corrected chi connectivity index (χ1v) is 11.4. The van der Waals surface area contributed by atoms with Gasteiger partial charge in [-0.2, -0.15) is 0 Å². The fourth-order valence-corrected chi connectivity index (χ4v) is 4.95. The standard InChI is InChI=1S/C28H32N4/c1-16(2)31(6)22-9-10-23-25-12-21(27-17(3)14-30-19(27)5)11-24(18(4)29)28(25)32(26(23)13-22)15-20-7-8-20/h9-13,20H,1,4,7-8,14-15,29H2,2-3,5-6H3. The highest BCUT2D eigenvalue weighted by atomic mass is 15.1. The molecule has 0 atom stereocenters. The number of allylic oxidation sites excluding steroid dienone is 2. The number of fused-ring (bicyclic) bond motifs is 3. The van der Waals surface area contributed by atoms with E-state index in [1.165, 1.54) is 51.4 Å². The molecule has 1 aliphatic heterocycles. The molecule has 0 amide bonds. The van der Waals surface area contributed by atoms with E-state index >= 15 is 0 Å². The van der Waals surface area contributed by atoms with E-state index in [1.54, 1.807) is 0 Å². The Morgan fingerprint density at radius 1 is 1.16 bits per heavy atom. The Morgan fingerprint density at radius 3 is 2.50 bits per heavy atom. The highest BCUT2D eigenvalue weighted by Gasteiger charge is 2.26. The smallest absolute Gasteiger partial charge is 0.0610 e. The van der Waals surface area contributed by atoms with Crippen molar-refractivity contribution in [2.45, 2.75) is 40.2 Å². The first-order valence-electron chi connectivity index (χ1n) is 11.4. The minimum absolute atomic E-state index is 0.613. The average Bonchev–Trinajstić information content (AvgIpc) is 3.45. The van der Waals surface area contributed by atoms with Gasteiger partial charge in [0.15, 0.2) is 0 Å². The predicted molar refractivity (Wildman–Crippen MR) is 139 cm³/mol. The molecule has 0 bridgehead atoms. The van der Waals surface area contributed by atoms with Crippen LogP contribution in [0.5, 0.6) is 0 Å². The van der Waals surface area contributed by atoms with Crippen LogP contribution in [0, 0.1) is 5.92 Å². The molecule has 3 aromatic rings. The number of benzene rings is 2. The van der Waals surface area contributed by atoms with Crippen molar-refractivity contribution in [3.8, 4) is 0 Å². The van der Waals surface area contributed by atoms with Crippen LogP contribution in [0.3, 0.4) is 0 Å². The van der Waals surface area contributed by atoms with Gasteiger partial charge in [-0.1, -0.05) is 19.2 Å². The zero-order valence-corrected chi connectivity index (χ0v) is 19.6. The Morgan fingerprint density at radius 2 is 1.91 bits per heavy atom. The summed E-state index contributed by atoms with van der Waals surface area (Å²) < 4.78 is 2.48. The van der Waals surface area contributed by atoms with E-state index in [2.05, 4.69) is 78.8 Å². The third-order valence-electron chi connectivity index (χ3n) is 7.02. The molecule has 1 fully saturated rings. The summed E-state index contributed by atoms with van der Waals surface area (Å²) in [4.78, 5) is 6.80. The van der Waals surface area contributed by atoms with Crippen LogP contribution in [0.1, 0.15) is 44.7 Å². The van der Waals surface area contributed by atoms with Crippen molar-refractivity contribution in [2.75, 3.05) is 18.5 Å². The van der Waals surface area contributed by atoms with Crippen LogP contribution >= 0.6 is 0 Å². The van der Waals surface area contributed by atoms with Gasteiger partial charge in [0.1, 0.15) is 0 Å². The first kappa shape index (κ1) is 20.6. The second-order valence-electron chi connectivity index (χ2n) is 9.55. The number of anilines is 1. The lowest BCUT2D eigenvalue weighted by molar-refractivity contribution is 0.664. The lowest BCUT2D eigenvalue weighted by atomic mass is 9.94. The minimum Gasteiger partial charge on any atom is -0.399 e. The number of hydrogen-bond donors (Lipinski definition) is 1. The fraction of sp³-hybridized carbons (Fsp3) is 0.321. The Kier molecular flexibility index (Phi) is 4.77. The quantitative estimate of drug-likeness (QED) is 0.501. The van der Waals surface area contributed by atoms with Crippen LogP contribution in [0.4, 0.5) is 5.69 Å². The van der Waals surface area contributed by atoms with Crippen LogP contribution in [-0.4, -0.2) is 23.9 Å². The zero-order chi connectivity index (χ0) is 22.7. The molecule has 0 radical (unpaired) electrons. The molecule has 0 unspecified atom stereocenters. The Balaban J connectivity index is 1.85. The minimum atomic E-state index is 0.613. The zero-order valence-electron chi connectivity index (χ0n) is 19.6. The molecule has 4 nitrogen and oxygen atoms in total. The van der Waals surface area contributed by atoms with Crippen molar-refractivity contribution in [1.29, 1.82) is 0 Å². The molecule has 2 aromatic carbocycles. The molecule has 5 rings (SSSR count). The number of aliphatic imine (C=N–C) groups is 1. The lowest BCUT2D eigenvalue weighted by Crippen LogP contribution is -2.13. The molecule has 0 spiro atoms. The summed E-state index contributed by atoms with van der Waals surface area (Å²) in [6.07, 6.45) is 2.59. The van der Waals surface area contributed by atoms with Crippen molar-refractivity contribution in [1.82, 2.24) is 4.57 Å². The summed E-state index contributed by atoms with van der Waals surface area (Å²) in [6.45, 7) is 16.4. The van der Waals surface area contributed by atoms with E-state index in [-0.39, 0.29) is 0 Å². The maximum Gasteiger partial charge on any atom is 0.0610 e. The van der Waals surface area contributed by atoms with Gasteiger partial charge in [0.05, 0.1) is 17.6 Å². The molecule has 2 aliphatic rings. The van der Waals surface area contributed by atoms with Gasteiger partial charge >= 0.3 is 0 Å². The molecule has 2 N–H and O–H groups in total. The summed E-state index contributed by atoms with van der Waals surface area (Å²) in [5.74, 6) is 0.740. The Hall–Kier alpha value is -3.27. The van der Waals surface area contributed by atoms with E-state index in [9.17, 15) is 0 Å². The van der Waals surface area contributed by atoms with E-state index in [0.29, 0.717) is 5.70 Å². The summed E-state index contributed by atoms with van der Waals surface area (Å²) in [6, 6.07) is 11.3. The largest absolute Gasteiger partial charge is 0.399 e. The second-order valence-corrected chi connectivity index (χ2v) is 9.55. The van der Waals surface area contributed by atoms with Crippen molar-refractivity contribution in [3.63, 3.8) is 0 Å². The molecular weight excluding hydrogens is 392 g/mol. The molecule has 1 aromatic heterocycles. The summed E-state index contributed by atoms with van der Waals surface area (Å²) in [7, 11) is 2.07. The highest BCUT2D eigenvalue weighted by Crippen LogP contribution is 2.41. The van der Waals surface area contributed by atoms with Gasteiger partial charge in [-0.05, 0) is 74.9 Å². The number of aromatic nitrogens is 1. The normalized spacial score (nSPS) is 16.2. The summed E-state index contributed by atoms with van der Waals surface area (Å²) in [5, 5.41) is 2.50. The van der Waals surface area contributed by atoms with Gasteiger partial charge in [-0.25, -0.2) is 0 Å². The molecular formula is C28H32N4. The van der Waals surface area contributed by atoms with Crippen LogP contribution in [-0.2, 0) is 6.54 Å². The maximum absolute atomic E-state index is 6.40. The van der Waals surface area contributed by atoms with Crippen molar-refractivity contribution >= 4 is 44.5 Å². The van der Waals surface area contributed by atoms with Gasteiger partial charge < -0.3 is 15.2 Å². The third-order valence-corrected chi connectivity index (χ3v) is 7.02.